The number of nitrogen functional groups attached to an aromatic ring is 1. The summed E-state index contributed by atoms with van der Waals surface area (Å²) in [5.74, 6) is 0.370. The van der Waals surface area contributed by atoms with E-state index < -0.39 is 0 Å². The van der Waals surface area contributed by atoms with Crippen LogP contribution >= 0.6 is 0 Å². The number of nitrogens with two attached hydrogens (primary N) is 1. The maximum atomic E-state index is 12.2. The summed E-state index contributed by atoms with van der Waals surface area (Å²) in [7, 11) is 1.78. The molecule has 1 amide bonds. The summed E-state index contributed by atoms with van der Waals surface area (Å²) in [6.45, 7) is 2.63. The van der Waals surface area contributed by atoms with Crippen molar-refractivity contribution >= 4 is 11.6 Å². The molecule has 98 valence electrons. The van der Waals surface area contributed by atoms with Crippen molar-refractivity contribution in [2.75, 3.05) is 19.3 Å². The average molecular weight is 248 g/mol. The van der Waals surface area contributed by atoms with Gasteiger partial charge in [0.1, 0.15) is 0 Å². The molecule has 1 aromatic carbocycles. The summed E-state index contributed by atoms with van der Waals surface area (Å²) in [6, 6.07) is 5.48. The van der Waals surface area contributed by atoms with Crippen molar-refractivity contribution in [1.29, 1.82) is 0 Å². The molecule has 4 heteroatoms. The number of aliphatic hydroxyl groups excluding tert-OH is 1. The van der Waals surface area contributed by atoms with Gasteiger partial charge in [-0.15, -0.1) is 0 Å². The Labute approximate surface area is 107 Å². The van der Waals surface area contributed by atoms with Gasteiger partial charge in [0.15, 0.2) is 0 Å². The van der Waals surface area contributed by atoms with Crippen LogP contribution in [-0.2, 0) is 0 Å². The maximum absolute atomic E-state index is 12.2. The van der Waals surface area contributed by atoms with Crippen LogP contribution in [0.3, 0.4) is 0 Å². The maximum Gasteiger partial charge on any atom is 0.255 e. The number of carbonyl (C=O) groups excluding carboxylic acids is 1. The molecule has 1 aliphatic carbocycles. The molecule has 0 heterocycles. The van der Waals surface area contributed by atoms with Gasteiger partial charge in [-0.3, -0.25) is 4.79 Å². The highest BCUT2D eigenvalue weighted by atomic mass is 16.3. The van der Waals surface area contributed by atoms with E-state index in [2.05, 4.69) is 0 Å². The smallest absolute Gasteiger partial charge is 0.255 e. The van der Waals surface area contributed by atoms with Crippen LogP contribution in [0.2, 0.25) is 0 Å². The molecule has 1 fully saturated rings. The van der Waals surface area contributed by atoms with Crippen molar-refractivity contribution in [1.82, 2.24) is 4.90 Å². The summed E-state index contributed by atoms with van der Waals surface area (Å²) in [4.78, 5) is 13.9. The van der Waals surface area contributed by atoms with Gasteiger partial charge in [-0.25, -0.2) is 0 Å². The second kappa shape index (κ2) is 4.98. The lowest BCUT2D eigenvalue weighted by Gasteiger charge is -2.34. The van der Waals surface area contributed by atoms with Crippen molar-refractivity contribution in [2.45, 2.75) is 25.9 Å². The fraction of sp³-hybridized carbons (Fsp3) is 0.500. The zero-order valence-electron chi connectivity index (χ0n) is 10.9. The van der Waals surface area contributed by atoms with Crippen molar-refractivity contribution in [3.05, 3.63) is 29.3 Å². The summed E-state index contributed by atoms with van der Waals surface area (Å²) in [5, 5.41) is 9.24. The summed E-state index contributed by atoms with van der Waals surface area (Å²) >= 11 is 0. The fourth-order valence-corrected chi connectivity index (χ4v) is 2.40. The third-order valence-corrected chi connectivity index (χ3v) is 3.53. The third-order valence-electron chi connectivity index (χ3n) is 3.53. The van der Waals surface area contributed by atoms with Gasteiger partial charge < -0.3 is 15.7 Å². The molecule has 2 rings (SSSR count). The second-order valence-corrected chi connectivity index (χ2v) is 5.27. The van der Waals surface area contributed by atoms with Gasteiger partial charge in [-0.1, -0.05) is 6.07 Å². The van der Waals surface area contributed by atoms with Gasteiger partial charge in [0.05, 0.1) is 11.7 Å². The highest BCUT2D eigenvalue weighted by Gasteiger charge is 2.29. The number of amides is 1. The van der Waals surface area contributed by atoms with E-state index in [4.69, 9.17) is 5.73 Å². The number of carbonyl (C=O) groups is 1. The molecule has 4 nitrogen and oxygen atoms in total. The van der Waals surface area contributed by atoms with Crippen molar-refractivity contribution < 1.29 is 9.90 Å². The van der Waals surface area contributed by atoms with E-state index >= 15 is 0 Å². The number of benzene rings is 1. The SMILES string of the molecule is Cc1ccc(C(=O)N(C)CC2CC(O)C2)c(N)c1. The molecule has 0 aromatic heterocycles. The Morgan fingerprint density at radius 2 is 2.17 bits per heavy atom. The predicted molar refractivity (Wildman–Crippen MR) is 71.3 cm³/mol. The van der Waals surface area contributed by atoms with Gasteiger partial charge in [0.25, 0.3) is 5.91 Å². The Morgan fingerprint density at radius 3 is 2.72 bits per heavy atom. The highest BCUT2D eigenvalue weighted by molar-refractivity contribution is 5.99. The minimum absolute atomic E-state index is 0.0473. The monoisotopic (exact) mass is 248 g/mol. The van der Waals surface area contributed by atoms with Gasteiger partial charge in [-0.05, 0) is 43.4 Å². The average Bonchev–Trinajstić information content (AvgIpc) is 2.26. The second-order valence-electron chi connectivity index (χ2n) is 5.27. The van der Waals surface area contributed by atoms with Crippen LogP contribution in [0, 0.1) is 12.8 Å². The third kappa shape index (κ3) is 2.64. The lowest BCUT2D eigenvalue weighted by Crippen LogP contribution is -2.39. The molecule has 0 bridgehead atoms. The first-order valence-corrected chi connectivity index (χ1v) is 6.27. The first-order valence-electron chi connectivity index (χ1n) is 6.27. The van der Waals surface area contributed by atoms with E-state index in [0.717, 1.165) is 18.4 Å². The molecule has 18 heavy (non-hydrogen) atoms. The number of rotatable bonds is 3. The molecule has 0 aliphatic heterocycles. The lowest BCUT2D eigenvalue weighted by atomic mass is 9.82. The highest BCUT2D eigenvalue weighted by Crippen LogP contribution is 2.28. The Bertz CT molecular complexity index is 453. The molecule has 0 saturated heterocycles. The Balaban J connectivity index is 2.01. The molecule has 0 atom stereocenters. The van der Waals surface area contributed by atoms with Crippen LogP contribution in [-0.4, -0.2) is 35.6 Å². The van der Waals surface area contributed by atoms with Gasteiger partial charge in [-0.2, -0.15) is 0 Å². The van der Waals surface area contributed by atoms with E-state index in [-0.39, 0.29) is 12.0 Å². The standard InChI is InChI=1S/C14H20N2O2/c1-9-3-4-12(13(15)5-9)14(18)16(2)8-10-6-11(17)7-10/h3-5,10-11,17H,6-8,15H2,1-2H3. The van der Waals surface area contributed by atoms with Crippen LogP contribution in [0.25, 0.3) is 0 Å². The molecule has 3 N–H and O–H groups in total. The number of aliphatic hydroxyl groups is 1. The van der Waals surface area contributed by atoms with E-state index in [1.54, 1.807) is 18.0 Å². The van der Waals surface area contributed by atoms with E-state index in [1.165, 1.54) is 0 Å². The van der Waals surface area contributed by atoms with Crippen LogP contribution < -0.4 is 5.73 Å². The minimum Gasteiger partial charge on any atom is -0.398 e. The van der Waals surface area contributed by atoms with Crippen molar-refractivity contribution in [3.63, 3.8) is 0 Å². The van der Waals surface area contributed by atoms with Gasteiger partial charge >= 0.3 is 0 Å². The first-order chi connectivity index (χ1) is 8.47. The molecule has 0 radical (unpaired) electrons. The minimum atomic E-state index is -0.178. The van der Waals surface area contributed by atoms with Crippen LogP contribution in [0.15, 0.2) is 18.2 Å². The molecule has 0 unspecified atom stereocenters. The summed E-state index contributed by atoms with van der Waals surface area (Å²) < 4.78 is 0. The number of aryl methyl sites for hydroxylation is 1. The summed E-state index contributed by atoms with van der Waals surface area (Å²) in [5.41, 5.74) is 8.01. The zero-order chi connectivity index (χ0) is 13.3. The fourth-order valence-electron chi connectivity index (χ4n) is 2.40. The summed E-state index contributed by atoms with van der Waals surface area (Å²) in [6.07, 6.45) is 1.41. The number of hydrogen-bond acceptors (Lipinski definition) is 3. The van der Waals surface area contributed by atoms with Crippen molar-refractivity contribution in [2.24, 2.45) is 5.92 Å². The van der Waals surface area contributed by atoms with Crippen LogP contribution in [0.4, 0.5) is 5.69 Å². The largest absolute Gasteiger partial charge is 0.398 e. The first kappa shape index (κ1) is 12.9. The molecule has 0 spiro atoms. The quantitative estimate of drug-likeness (QED) is 0.795. The number of anilines is 1. The predicted octanol–water partition coefficient (Wildman–Crippen LogP) is 1.42. The molecular weight excluding hydrogens is 228 g/mol. The van der Waals surface area contributed by atoms with Crippen molar-refractivity contribution in [3.8, 4) is 0 Å². The van der Waals surface area contributed by atoms with E-state index in [1.807, 2.05) is 19.1 Å². The Morgan fingerprint density at radius 1 is 1.50 bits per heavy atom. The Hall–Kier alpha value is -1.55. The molecular formula is C14H20N2O2. The van der Waals surface area contributed by atoms with E-state index in [0.29, 0.717) is 23.7 Å². The normalized spacial score (nSPS) is 22.4. The van der Waals surface area contributed by atoms with E-state index in [9.17, 15) is 9.90 Å². The topological polar surface area (TPSA) is 66.6 Å². The van der Waals surface area contributed by atoms with Gasteiger partial charge in [0.2, 0.25) is 0 Å². The zero-order valence-corrected chi connectivity index (χ0v) is 10.9. The Kier molecular flexibility index (Phi) is 3.57. The molecule has 1 aliphatic rings. The van der Waals surface area contributed by atoms with Crippen LogP contribution in [0.1, 0.15) is 28.8 Å². The van der Waals surface area contributed by atoms with Crippen LogP contribution in [0.5, 0.6) is 0 Å². The molecule has 1 aromatic rings. The lowest BCUT2D eigenvalue weighted by molar-refractivity contribution is 0.0265. The number of hydrogen-bond donors (Lipinski definition) is 2. The van der Waals surface area contributed by atoms with Gasteiger partial charge in [0, 0.05) is 19.3 Å². The molecule has 1 saturated carbocycles. The number of nitrogens with zero attached hydrogens (tertiary/aromatic N) is 1.